The van der Waals surface area contributed by atoms with Gasteiger partial charge in [-0.25, -0.2) is 4.79 Å². The van der Waals surface area contributed by atoms with Crippen molar-refractivity contribution in [1.29, 1.82) is 0 Å². The van der Waals surface area contributed by atoms with Crippen LogP contribution in [0.1, 0.15) is 53.4 Å². The predicted molar refractivity (Wildman–Crippen MR) is 67.9 cm³/mol. The minimum absolute atomic E-state index is 0.0445. The lowest BCUT2D eigenvalue weighted by atomic mass is 9.75. The highest BCUT2D eigenvalue weighted by atomic mass is 16.7. The van der Waals surface area contributed by atoms with Gasteiger partial charge in [0.15, 0.2) is 0 Å². The maximum absolute atomic E-state index is 11.5. The van der Waals surface area contributed by atoms with E-state index in [0.717, 1.165) is 19.3 Å². The molecule has 3 atom stereocenters. The molecule has 17 heavy (non-hydrogen) atoms. The third-order valence-electron chi connectivity index (χ3n) is 3.63. The summed E-state index contributed by atoms with van der Waals surface area (Å²) >= 11 is 0. The van der Waals surface area contributed by atoms with Crippen LogP contribution < -0.4 is 0 Å². The zero-order valence-corrected chi connectivity index (χ0v) is 11.6. The van der Waals surface area contributed by atoms with E-state index in [9.17, 15) is 4.79 Å². The average molecular weight is 242 g/mol. The van der Waals surface area contributed by atoms with Gasteiger partial charge in [-0.05, 0) is 37.0 Å². The molecule has 0 amide bonds. The smallest absolute Gasteiger partial charge is 0.434 e. The molecule has 0 N–H and O–H groups in total. The molecule has 3 unspecified atom stereocenters. The van der Waals surface area contributed by atoms with Crippen molar-refractivity contribution in [3.05, 3.63) is 0 Å². The molecule has 1 aliphatic rings. The Morgan fingerprint density at radius 3 is 2.65 bits per heavy atom. The van der Waals surface area contributed by atoms with Crippen LogP contribution in [0.5, 0.6) is 0 Å². The van der Waals surface area contributed by atoms with Crippen LogP contribution in [-0.2, 0) is 9.47 Å². The van der Waals surface area contributed by atoms with E-state index in [2.05, 4.69) is 20.8 Å². The van der Waals surface area contributed by atoms with E-state index in [-0.39, 0.29) is 6.10 Å². The summed E-state index contributed by atoms with van der Waals surface area (Å²) in [6.45, 7) is 9.06. The second-order valence-electron chi connectivity index (χ2n) is 5.58. The molecule has 0 heterocycles. The Balaban J connectivity index is 2.48. The van der Waals surface area contributed by atoms with E-state index in [1.807, 2.05) is 6.92 Å². The zero-order valence-electron chi connectivity index (χ0n) is 11.6. The van der Waals surface area contributed by atoms with Gasteiger partial charge in [0.05, 0.1) is 6.61 Å². The summed E-state index contributed by atoms with van der Waals surface area (Å²) in [6, 6.07) is 0. The molecule has 0 saturated heterocycles. The first-order valence-electron chi connectivity index (χ1n) is 6.88. The minimum atomic E-state index is -0.489. The molecule has 0 aromatic rings. The number of hydrogen-bond donors (Lipinski definition) is 0. The molecular weight excluding hydrogens is 216 g/mol. The van der Waals surface area contributed by atoms with Crippen molar-refractivity contribution in [2.24, 2.45) is 17.8 Å². The van der Waals surface area contributed by atoms with E-state index in [4.69, 9.17) is 9.47 Å². The fourth-order valence-electron chi connectivity index (χ4n) is 2.59. The van der Waals surface area contributed by atoms with Gasteiger partial charge in [-0.1, -0.05) is 34.1 Å². The third-order valence-corrected chi connectivity index (χ3v) is 3.63. The fraction of sp³-hybridized carbons (Fsp3) is 0.929. The van der Waals surface area contributed by atoms with E-state index in [1.165, 1.54) is 6.42 Å². The molecule has 1 rings (SSSR count). The summed E-state index contributed by atoms with van der Waals surface area (Å²) in [6.07, 6.45) is 3.77. The van der Waals surface area contributed by atoms with Crippen molar-refractivity contribution in [1.82, 2.24) is 0 Å². The van der Waals surface area contributed by atoms with E-state index >= 15 is 0 Å². The summed E-state index contributed by atoms with van der Waals surface area (Å²) in [5, 5.41) is 0. The normalized spacial score (nSPS) is 29.1. The minimum Gasteiger partial charge on any atom is -0.434 e. The molecule has 0 aromatic carbocycles. The second-order valence-corrected chi connectivity index (χ2v) is 5.58. The molecule has 3 heteroatoms. The monoisotopic (exact) mass is 242 g/mol. The van der Waals surface area contributed by atoms with E-state index in [1.54, 1.807) is 0 Å². The van der Waals surface area contributed by atoms with Gasteiger partial charge in [-0.2, -0.15) is 0 Å². The van der Waals surface area contributed by atoms with E-state index in [0.29, 0.717) is 24.4 Å². The van der Waals surface area contributed by atoms with E-state index < -0.39 is 6.16 Å². The van der Waals surface area contributed by atoms with Gasteiger partial charge in [-0.15, -0.1) is 0 Å². The lowest BCUT2D eigenvalue weighted by molar-refractivity contribution is -0.0317. The number of carbonyl (C=O) groups is 1. The summed E-state index contributed by atoms with van der Waals surface area (Å²) < 4.78 is 10.5. The van der Waals surface area contributed by atoms with Crippen molar-refractivity contribution in [3.8, 4) is 0 Å². The zero-order chi connectivity index (χ0) is 12.8. The highest BCUT2D eigenvalue weighted by Gasteiger charge is 2.33. The topological polar surface area (TPSA) is 35.5 Å². The van der Waals surface area contributed by atoms with Crippen LogP contribution in [0.3, 0.4) is 0 Å². The number of carbonyl (C=O) groups excluding carboxylic acids is 1. The predicted octanol–water partition coefficient (Wildman–Crippen LogP) is 4.01. The number of hydrogen-bond acceptors (Lipinski definition) is 3. The maximum atomic E-state index is 11.5. The highest BCUT2D eigenvalue weighted by molar-refractivity contribution is 5.60. The Morgan fingerprint density at radius 1 is 1.35 bits per heavy atom. The van der Waals surface area contributed by atoms with Crippen LogP contribution >= 0.6 is 0 Å². The second kappa shape index (κ2) is 6.87. The third kappa shape index (κ3) is 4.57. The van der Waals surface area contributed by atoms with Crippen molar-refractivity contribution < 1.29 is 14.3 Å². The molecule has 0 aliphatic heterocycles. The standard InChI is InChI=1S/C14H26O3/c1-5-8-16-14(15)17-13-9-11(4)6-7-12(13)10(2)3/h10-13H,5-9H2,1-4H3. The molecule has 1 aliphatic carbocycles. The fourth-order valence-corrected chi connectivity index (χ4v) is 2.59. The molecule has 1 saturated carbocycles. The summed E-state index contributed by atoms with van der Waals surface area (Å²) in [5.41, 5.74) is 0. The molecular formula is C14H26O3. The van der Waals surface area contributed by atoms with Gasteiger partial charge in [0.25, 0.3) is 0 Å². The maximum Gasteiger partial charge on any atom is 0.508 e. The van der Waals surface area contributed by atoms with Crippen LogP contribution in [0.4, 0.5) is 4.79 Å². The van der Waals surface area contributed by atoms with Gasteiger partial charge < -0.3 is 9.47 Å². The Morgan fingerprint density at radius 2 is 2.06 bits per heavy atom. The molecule has 0 bridgehead atoms. The summed E-state index contributed by atoms with van der Waals surface area (Å²) in [4.78, 5) is 11.5. The van der Waals surface area contributed by atoms with Crippen LogP contribution in [0, 0.1) is 17.8 Å². The van der Waals surface area contributed by atoms with Crippen molar-refractivity contribution >= 4 is 6.16 Å². The average Bonchev–Trinajstić information content (AvgIpc) is 2.26. The van der Waals surface area contributed by atoms with Crippen molar-refractivity contribution in [3.63, 3.8) is 0 Å². The van der Waals surface area contributed by atoms with Gasteiger partial charge in [-0.3, -0.25) is 0 Å². The van der Waals surface area contributed by atoms with Crippen LogP contribution in [0.25, 0.3) is 0 Å². The summed E-state index contributed by atoms with van der Waals surface area (Å²) in [5.74, 6) is 1.70. The SMILES string of the molecule is CCCOC(=O)OC1CC(C)CCC1C(C)C. The molecule has 0 aromatic heterocycles. The van der Waals surface area contributed by atoms with Crippen LogP contribution in [0.2, 0.25) is 0 Å². The molecule has 0 spiro atoms. The highest BCUT2D eigenvalue weighted by Crippen LogP contribution is 2.35. The van der Waals surface area contributed by atoms with Crippen molar-refractivity contribution in [2.45, 2.75) is 59.5 Å². The number of rotatable bonds is 4. The van der Waals surface area contributed by atoms with Gasteiger partial charge in [0, 0.05) is 0 Å². The summed E-state index contributed by atoms with van der Waals surface area (Å²) in [7, 11) is 0. The lowest BCUT2D eigenvalue weighted by Crippen LogP contribution is -2.36. The molecule has 3 nitrogen and oxygen atoms in total. The molecule has 0 radical (unpaired) electrons. The Hall–Kier alpha value is -0.730. The molecule has 1 fully saturated rings. The quantitative estimate of drug-likeness (QED) is 0.699. The largest absolute Gasteiger partial charge is 0.508 e. The Kier molecular flexibility index (Phi) is 5.79. The van der Waals surface area contributed by atoms with Gasteiger partial charge >= 0.3 is 6.16 Å². The number of ether oxygens (including phenoxy) is 2. The Labute approximate surface area is 105 Å². The lowest BCUT2D eigenvalue weighted by Gasteiger charge is -2.36. The van der Waals surface area contributed by atoms with Crippen LogP contribution in [-0.4, -0.2) is 18.9 Å². The van der Waals surface area contributed by atoms with Gasteiger partial charge in [0.2, 0.25) is 0 Å². The molecule has 100 valence electrons. The van der Waals surface area contributed by atoms with Crippen LogP contribution in [0.15, 0.2) is 0 Å². The first kappa shape index (κ1) is 14.3. The van der Waals surface area contributed by atoms with Crippen molar-refractivity contribution in [2.75, 3.05) is 6.61 Å². The first-order chi connectivity index (χ1) is 8.04. The first-order valence-corrected chi connectivity index (χ1v) is 6.88. The van der Waals surface area contributed by atoms with Gasteiger partial charge in [0.1, 0.15) is 6.10 Å². The Bertz CT molecular complexity index is 238.